The second kappa shape index (κ2) is 9.88. The van der Waals surface area contributed by atoms with Crippen LogP contribution in [0, 0.1) is 12.3 Å². The van der Waals surface area contributed by atoms with E-state index in [1.807, 2.05) is 6.92 Å². The molecule has 0 bridgehead atoms. The van der Waals surface area contributed by atoms with E-state index in [0.717, 1.165) is 5.56 Å². The predicted molar refractivity (Wildman–Crippen MR) is 102 cm³/mol. The molecule has 27 heavy (non-hydrogen) atoms. The lowest BCUT2D eigenvalue weighted by atomic mass is 10.2. The molecule has 0 aliphatic heterocycles. The zero-order valence-corrected chi connectivity index (χ0v) is 16.1. The Morgan fingerprint density at radius 1 is 1.30 bits per heavy atom. The quantitative estimate of drug-likeness (QED) is 0.260. The van der Waals surface area contributed by atoms with Crippen LogP contribution < -0.4 is 10.5 Å². The summed E-state index contributed by atoms with van der Waals surface area (Å²) in [5.74, 6) is -0.0258. The Morgan fingerprint density at radius 3 is 2.33 bits per heavy atom. The normalized spacial score (nSPS) is 10.9. The Balaban J connectivity index is 0.000000289. The van der Waals surface area contributed by atoms with E-state index in [0.29, 0.717) is 16.3 Å². The SMILES string of the molecule is COc1ccc(/C=N/N(O)C(=N)N)cc1Cl.Cc1ccc(S(=O)(=O)O)cc1. The van der Waals surface area contributed by atoms with Gasteiger partial charge < -0.3 is 10.5 Å². The number of aryl methyl sites for hydroxylation is 1. The van der Waals surface area contributed by atoms with E-state index in [1.54, 1.807) is 30.3 Å². The van der Waals surface area contributed by atoms with Gasteiger partial charge in [0.05, 0.1) is 23.2 Å². The summed E-state index contributed by atoms with van der Waals surface area (Å²) < 4.78 is 34.5. The number of rotatable bonds is 4. The Bertz CT molecular complexity index is 917. The fraction of sp³-hybridized carbons (Fsp3) is 0.125. The molecule has 11 heteroatoms. The molecule has 0 spiro atoms. The van der Waals surface area contributed by atoms with Crippen molar-refractivity contribution in [1.29, 1.82) is 5.41 Å². The Kier molecular flexibility index (Phi) is 8.19. The molecule has 9 nitrogen and oxygen atoms in total. The molecule has 0 fully saturated rings. The van der Waals surface area contributed by atoms with Gasteiger partial charge in [-0.05, 0) is 42.8 Å². The largest absolute Gasteiger partial charge is 0.495 e. The lowest BCUT2D eigenvalue weighted by Crippen LogP contribution is -2.28. The summed E-state index contributed by atoms with van der Waals surface area (Å²) in [6, 6.07) is 11.0. The van der Waals surface area contributed by atoms with Gasteiger partial charge in [0.1, 0.15) is 5.75 Å². The second-order valence-electron chi connectivity index (χ2n) is 5.10. The average molecular weight is 415 g/mol. The molecule has 0 aliphatic rings. The monoisotopic (exact) mass is 414 g/mol. The number of hydroxylamine groups is 1. The summed E-state index contributed by atoms with van der Waals surface area (Å²) >= 11 is 5.88. The van der Waals surface area contributed by atoms with Gasteiger partial charge in [-0.3, -0.25) is 15.2 Å². The first-order chi connectivity index (χ1) is 12.5. The number of benzene rings is 2. The number of methoxy groups -OCH3 is 1. The van der Waals surface area contributed by atoms with Crippen LogP contribution in [0.25, 0.3) is 0 Å². The number of ether oxygens (including phenoxy) is 1. The van der Waals surface area contributed by atoms with Crippen molar-refractivity contribution in [2.45, 2.75) is 11.8 Å². The molecule has 5 N–H and O–H groups in total. The summed E-state index contributed by atoms with van der Waals surface area (Å²) in [4.78, 5) is -0.0666. The summed E-state index contributed by atoms with van der Waals surface area (Å²) in [7, 11) is -2.51. The van der Waals surface area contributed by atoms with E-state index >= 15 is 0 Å². The van der Waals surface area contributed by atoms with Crippen LogP contribution in [0.4, 0.5) is 0 Å². The molecule has 0 aliphatic carbocycles. The van der Waals surface area contributed by atoms with E-state index in [1.165, 1.54) is 25.5 Å². The topological polar surface area (TPSA) is 149 Å². The van der Waals surface area contributed by atoms with Gasteiger partial charge in [-0.1, -0.05) is 29.3 Å². The van der Waals surface area contributed by atoms with E-state index in [9.17, 15) is 8.42 Å². The minimum absolute atomic E-state index is 0.0666. The summed E-state index contributed by atoms with van der Waals surface area (Å²) in [6.07, 6.45) is 1.31. The first-order valence-corrected chi connectivity index (χ1v) is 9.11. The van der Waals surface area contributed by atoms with E-state index in [4.69, 9.17) is 37.2 Å². The highest BCUT2D eigenvalue weighted by molar-refractivity contribution is 7.85. The summed E-state index contributed by atoms with van der Waals surface area (Å²) in [5.41, 5.74) is 6.58. The molecule has 0 unspecified atom stereocenters. The summed E-state index contributed by atoms with van der Waals surface area (Å²) in [5, 5.41) is 20.0. The second-order valence-corrected chi connectivity index (χ2v) is 6.93. The van der Waals surface area contributed by atoms with Crippen LogP contribution in [0.1, 0.15) is 11.1 Å². The van der Waals surface area contributed by atoms with E-state index in [2.05, 4.69) is 5.10 Å². The third kappa shape index (κ3) is 7.62. The highest BCUT2D eigenvalue weighted by Gasteiger charge is 2.06. The molecule has 0 heterocycles. The van der Waals surface area contributed by atoms with Crippen LogP contribution in [0.3, 0.4) is 0 Å². The van der Waals surface area contributed by atoms with Crippen molar-refractivity contribution >= 4 is 33.9 Å². The smallest absolute Gasteiger partial charge is 0.294 e. The minimum Gasteiger partial charge on any atom is -0.495 e. The number of halogens is 1. The lowest BCUT2D eigenvalue weighted by molar-refractivity contribution is -0.0139. The third-order valence-corrected chi connectivity index (χ3v) is 4.19. The Labute approximate surface area is 161 Å². The number of hydrogen-bond acceptors (Lipinski definition) is 6. The van der Waals surface area contributed by atoms with Crippen LogP contribution in [0.15, 0.2) is 52.5 Å². The van der Waals surface area contributed by atoms with Gasteiger partial charge in [0.15, 0.2) is 0 Å². The lowest BCUT2D eigenvalue weighted by Gasteiger charge is -2.06. The fourth-order valence-corrected chi connectivity index (χ4v) is 2.40. The number of hydrogen-bond donors (Lipinski definition) is 4. The molecular weight excluding hydrogens is 396 g/mol. The van der Waals surface area contributed by atoms with Gasteiger partial charge in [-0.25, -0.2) is 0 Å². The zero-order chi connectivity index (χ0) is 20.6. The number of nitrogens with zero attached hydrogens (tertiary/aromatic N) is 2. The number of hydrazone groups is 1. The number of guanidine groups is 1. The maximum atomic E-state index is 10.5. The molecule has 0 saturated heterocycles. The van der Waals surface area contributed by atoms with Crippen LogP contribution in [0.2, 0.25) is 5.02 Å². The van der Waals surface area contributed by atoms with Gasteiger partial charge in [0, 0.05) is 0 Å². The first kappa shape index (κ1) is 22.4. The van der Waals surface area contributed by atoms with Crippen molar-refractivity contribution in [3.05, 3.63) is 58.6 Å². The van der Waals surface area contributed by atoms with Crippen molar-refractivity contribution in [3.63, 3.8) is 0 Å². The Morgan fingerprint density at radius 2 is 1.89 bits per heavy atom. The minimum atomic E-state index is -4.02. The predicted octanol–water partition coefficient (Wildman–Crippen LogP) is 2.51. The first-order valence-electron chi connectivity index (χ1n) is 7.29. The van der Waals surface area contributed by atoms with Crippen molar-refractivity contribution in [1.82, 2.24) is 5.17 Å². The molecule has 2 aromatic carbocycles. The van der Waals surface area contributed by atoms with Crippen molar-refractivity contribution in [2.24, 2.45) is 10.8 Å². The molecule has 2 aromatic rings. The summed E-state index contributed by atoms with van der Waals surface area (Å²) in [6.45, 7) is 1.84. The maximum absolute atomic E-state index is 10.5. The van der Waals surface area contributed by atoms with Crippen LogP contribution >= 0.6 is 11.6 Å². The van der Waals surface area contributed by atoms with E-state index < -0.39 is 16.1 Å². The van der Waals surface area contributed by atoms with Gasteiger partial charge >= 0.3 is 0 Å². The zero-order valence-electron chi connectivity index (χ0n) is 14.5. The van der Waals surface area contributed by atoms with Crippen LogP contribution in [-0.2, 0) is 10.1 Å². The van der Waals surface area contributed by atoms with Crippen molar-refractivity contribution in [3.8, 4) is 5.75 Å². The standard InChI is InChI=1S/C9H11ClN4O2.C7H8O3S/c1-16-8-3-2-6(4-7(8)10)5-13-14(15)9(11)12;1-6-2-4-7(5-3-6)11(8,9)10/h2-5,15H,1H3,(H3,11,12);2-5H,1H3,(H,8,9,10)/b13-5+;. The number of nitrogens with one attached hydrogen (secondary N) is 1. The highest BCUT2D eigenvalue weighted by Crippen LogP contribution is 2.24. The van der Waals surface area contributed by atoms with Crippen LogP contribution in [-0.4, -0.2) is 42.6 Å². The third-order valence-electron chi connectivity index (χ3n) is 3.03. The van der Waals surface area contributed by atoms with Crippen molar-refractivity contribution in [2.75, 3.05) is 7.11 Å². The Hall–Kier alpha value is -2.66. The molecular formula is C16H19ClN4O5S. The fourth-order valence-electron chi connectivity index (χ4n) is 1.66. The van der Waals surface area contributed by atoms with Gasteiger partial charge in [0.25, 0.3) is 10.1 Å². The molecule has 0 saturated carbocycles. The molecule has 0 atom stereocenters. The molecule has 2 rings (SSSR count). The maximum Gasteiger partial charge on any atom is 0.294 e. The van der Waals surface area contributed by atoms with Gasteiger partial charge in [-0.2, -0.15) is 13.5 Å². The molecule has 0 aromatic heterocycles. The van der Waals surface area contributed by atoms with Crippen LogP contribution in [0.5, 0.6) is 5.75 Å². The highest BCUT2D eigenvalue weighted by atomic mass is 35.5. The molecule has 0 amide bonds. The van der Waals surface area contributed by atoms with Crippen molar-refractivity contribution < 1.29 is 22.9 Å². The van der Waals surface area contributed by atoms with Gasteiger partial charge in [0.2, 0.25) is 5.96 Å². The molecule has 0 radical (unpaired) electrons. The van der Waals surface area contributed by atoms with Gasteiger partial charge in [-0.15, -0.1) is 5.17 Å². The average Bonchev–Trinajstić information content (AvgIpc) is 2.59. The molecule has 146 valence electrons. The number of nitrogens with two attached hydrogens (primary N) is 1. The van der Waals surface area contributed by atoms with E-state index in [-0.39, 0.29) is 10.1 Å².